The highest BCUT2D eigenvalue weighted by atomic mass is 35.5. The number of thioether (sulfide) groups is 1. The number of carboxylic acids is 1. The molecule has 1 aromatic carbocycles. The van der Waals surface area contributed by atoms with Crippen molar-refractivity contribution in [2.75, 3.05) is 13.1 Å². The number of hydrogen-bond acceptors (Lipinski definition) is 4. The molecule has 1 aliphatic rings. The molecule has 3 rings (SSSR count). The lowest BCUT2D eigenvalue weighted by Crippen LogP contribution is -2.36. The average Bonchev–Trinajstić information content (AvgIpc) is 2.93. The molecule has 2 heterocycles. The molecule has 0 aliphatic carbocycles. The number of hydrogen-bond donors (Lipinski definition) is 1. The molecular weight excluding hydrogens is 382 g/mol. The smallest absolute Gasteiger partial charge is 0.328 e. The summed E-state index contributed by atoms with van der Waals surface area (Å²) in [7, 11) is 0. The summed E-state index contributed by atoms with van der Waals surface area (Å²) in [4.78, 5) is 13.6. The van der Waals surface area contributed by atoms with Crippen molar-refractivity contribution in [2.45, 2.75) is 37.8 Å². The highest BCUT2D eigenvalue weighted by molar-refractivity contribution is 7.99. The first kappa shape index (κ1) is 20.1. The third-order valence-corrected chi connectivity index (χ3v) is 6.56. The van der Waals surface area contributed by atoms with Crippen LogP contribution in [0.5, 0.6) is 0 Å². The van der Waals surface area contributed by atoms with E-state index in [1.54, 1.807) is 11.8 Å². The van der Waals surface area contributed by atoms with Gasteiger partial charge in [0.25, 0.3) is 0 Å². The zero-order chi connectivity index (χ0) is 19.4. The van der Waals surface area contributed by atoms with Gasteiger partial charge in [-0.05, 0) is 43.5 Å². The first-order chi connectivity index (χ1) is 12.9. The molecule has 0 saturated carbocycles. The molecule has 0 bridgehead atoms. The zero-order valence-electron chi connectivity index (χ0n) is 15.6. The van der Waals surface area contributed by atoms with Crippen LogP contribution in [0.25, 0.3) is 0 Å². The van der Waals surface area contributed by atoms with Crippen LogP contribution in [-0.2, 0) is 17.1 Å². The van der Waals surface area contributed by atoms with Crippen molar-refractivity contribution in [3.05, 3.63) is 69.7 Å². The van der Waals surface area contributed by atoms with Gasteiger partial charge in [0.15, 0.2) is 0 Å². The van der Waals surface area contributed by atoms with Gasteiger partial charge in [0, 0.05) is 47.3 Å². The topological polar surface area (TPSA) is 53.7 Å². The van der Waals surface area contributed by atoms with Gasteiger partial charge in [-0.1, -0.05) is 29.8 Å². The molecule has 6 heteroatoms. The normalized spacial score (nSPS) is 19.5. The summed E-state index contributed by atoms with van der Waals surface area (Å²) in [5.74, 6) is 1.80. The number of likely N-dealkylation sites (tertiary alicyclic amines) is 1. The van der Waals surface area contributed by atoms with Gasteiger partial charge in [0.05, 0.1) is 0 Å². The molecular formula is C21H24ClNO3S. The molecule has 2 aromatic rings. The highest BCUT2D eigenvalue weighted by Gasteiger charge is 2.26. The standard InChI is InChI=1S/C21H24ClNO3S/c1-14-9-18(15(2)26-14)13-27-20-7-8-23(12-17(20)10-21(24)25)11-16-5-3-4-6-19(16)22/h3-6,9-10,20H,7-8,11-13H2,1-2H3,(H,24,25)/b17-10-. The van der Waals surface area contributed by atoms with E-state index in [0.29, 0.717) is 6.54 Å². The Morgan fingerprint density at radius 3 is 2.81 bits per heavy atom. The Morgan fingerprint density at radius 2 is 2.15 bits per heavy atom. The van der Waals surface area contributed by atoms with E-state index in [0.717, 1.165) is 52.9 Å². The third-order valence-electron chi connectivity index (χ3n) is 4.77. The van der Waals surface area contributed by atoms with Crippen molar-refractivity contribution in [1.82, 2.24) is 4.90 Å². The van der Waals surface area contributed by atoms with E-state index in [2.05, 4.69) is 11.0 Å². The van der Waals surface area contributed by atoms with Crippen molar-refractivity contribution in [1.29, 1.82) is 0 Å². The van der Waals surface area contributed by atoms with Crippen LogP contribution in [0.3, 0.4) is 0 Å². The predicted molar refractivity (Wildman–Crippen MR) is 110 cm³/mol. The first-order valence-electron chi connectivity index (χ1n) is 8.99. The zero-order valence-corrected chi connectivity index (χ0v) is 17.1. The third kappa shape index (κ3) is 5.41. The molecule has 0 spiro atoms. The van der Waals surface area contributed by atoms with Crippen LogP contribution in [0.1, 0.15) is 29.1 Å². The summed E-state index contributed by atoms with van der Waals surface area (Å²) in [6.07, 6.45) is 2.30. The highest BCUT2D eigenvalue weighted by Crippen LogP contribution is 2.32. The SMILES string of the molecule is Cc1cc(CSC2CCN(Cc3ccccc3Cl)C/C2=C/C(=O)O)c(C)o1. The summed E-state index contributed by atoms with van der Waals surface area (Å²) in [5.41, 5.74) is 3.22. The second-order valence-electron chi connectivity index (χ2n) is 6.89. The van der Waals surface area contributed by atoms with Crippen molar-refractivity contribution in [3.63, 3.8) is 0 Å². The number of aryl methyl sites for hydroxylation is 2. The van der Waals surface area contributed by atoms with Crippen molar-refractivity contribution in [3.8, 4) is 0 Å². The minimum Gasteiger partial charge on any atom is -0.478 e. The molecule has 0 radical (unpaired) electrons. The predicted octanol–water partition coefficient (Wildman–Crippen LogP) is 5.07. The Kier molecular flexibility index (Phi) is 6.68. The molecule has 27 heavy (non-hydrogen) atoms. The molecule has 1 atom stereocenters. The van der Waals surface area contributed by atoms with Crippen LogP contribution in [0, 0.1) is 13.8 Å². The van der Waals surface area contributed by atoms with Crippen LogP contribution >= 0.6 is 23.4 Å². The van der Waals surface area contributed by atoms with Crippen molar-refractivity contribution in [2.24, 2.45) is 0 Å². The average molecular weight is 406 g/mol. The van der Waals surface area contributed by atoms with E-state index >= 15 is 0 Å². The number of rotatable bonds is 6. The second-order valence-corrected chi connectivity index (χ2v) is 8.48. The number of carboxylic acid groups (broad SMARTS) is 1. The number of nitrogens with zero attached hydrogens (tertiary/aromatic N) is 1. The molecule has 4 nitrogen and oxygen atoms in total. The summed E-state index contributed by atoms with van der Waals surface area (Å²) in [6, 6.07) is 9.88. The van der Waals surface area contributed by atoms with Crippen LogP contribution in [0.15, 0.2) is 46.4 Å². The maximum absolute atomic E-state index is 11.3. The lowest BCUT2D eigenvalue weighted by Gasteiger charge is -2.34. The number of piperidine rings is 1. The van der Waals surface area contributed by atoms with Crippen molar-refractivity contribution < 1.29 is 14.3 Å². The van der Waals surface area contributed by atoms with Gasteiger partial charge in [-0.2, -0.15) is 0 Å². The lowest BCUT2D eigenvalue weighted by molar-refractivity contribution is -0.131. The Morgan fingerprint density at radius 1 is 1.37 bits per heavy atom. The minimum atomic E-state index is -0.884. The van der Waals surface area contributed by atoms with Gasteiger partial charge < -0.3 is 9.52 Å². The summed E-state index contributed by atoms with van der Waals surface area (Å²) < 4.78 is 5.60. The van der Waals surface area contributed by atoms with E-state index in [-0.39, 0.29) is 5.25 Å². The molecule has 144 valence electrons. The number of benzene rings is 1. The lowest BCUT2D eigenvalue weighted by atomic mass is 10.0. The quantitative estimate of drug-likeness (QED) is 0.680. The van der Waals surface area contributed by atoms with Gasteiger partial charge in [-0.3, -0.25) is 4.90 Å². The Hall–Kier alpha value is -1.69. The van der Waals surface area contributed by atoms with E-state index in [1.807, 2.05) is 38.1 Å². The summed E-state index contributed by atoms with van der Waals surface area (Å²) in [5, 5.41) is 10.3. The van der Waals surface area contributed by atoms with Crippen LogP contribution in [-0.4, -0.2) is 34.3 Å². The molecule has 1 saturated heterocycles. The molecule has 0 amide bonds. The summed E-state index contributed by atoms with van der Waals surface area (Å²) in [6.45, 7) is 6.23. The van der Waals surface area contributed by atoms with Crippen LogP contribution in [0.2, 0.25) is 5.02 Å². The Bertz CT molecular complexity index is 846. The van der Waals surface area contributed by atoms with E-state index in [4.69, 9.17) is 16.0 Å². The van der Waals surface area contributed by atoms with Gasteiger partial charge in [-0.25, -0.2) is 4.79 Å². The number of furan rings is 1. The van der Waals surface area contributed by atoms with Gasteiger partial charge in [-0.15, -0.1) is 11.8 Å². The Labute approximate surface area is 169 Å². The number of carbonyl (C=O) groups is 1. The fourth-order valence-corrected chi connectivity index (χ4v) is 4.92. The second kappa shape index (κ2) is 9.00. The monoisotopic (exact) mass is 405 g/mol. The van der Waals surface area contributed by atoms with Gasteiger partial charge in [0.2, 0.25) is 0 Å². The fraction of sp³-hybridized carbons (Fsp3) is 0.381. The summed E-state index contributed by atoms with van der Waals surface area (Å²) >= 11 is 8.07. The maximum Gasteiger partial charge on any atom is 0.328 e. The van der Waals surface area contributed by atoms with E-state index < -0.39 is 5.97 Å². The molecule has 1 aliphatic heterocycles. The molecule has 1 unspecified atom stereocenters. The maximum atomic E-state index is 11.3. The number of halogens is 1. The first-order valence-corrected chi connectivity index (χ1v) is 10.4. The minimum absolute atomic E-state index is 0.207. The molecule has 1 N–H and O–H groups in total. The Balaban J connectivity index is 1.67. The van der Waals surface area contributed by atoms with Crippen LogP contribution in [0.4, 0.5) is 0 Å². The molecule has 1 aromatic heterocycles. The largest absolute Gasteiger partial charge is 0.478 e. The molecule has 1 fully saturated rings. The van der Waals surface area contributed by atoms with Gasteiger partial charge in [0.1, 0.15) is 11.5 Å². The number of aliphatic carboxylic acids is 1. The van der Waals surface area contributed by atoms with E-state index in [9.17, 15) is 9.90 Å². The fourth-order valence-electron chi connectivity index (χ4n) is 3.43. The van der Waals surface area contributed by atoms with E-state index in [1.165, 1.54) is 11.6 Å². The van der Waals surface area contributed by atoms with Crippen LogP contribution < -0.4 is 0 Å². The van der Waals surface area contributed by atoms with Crippen molar-refractivity contribution >= 4 is 29.3 Å². The van der Waals surface area contributed by atoms with Gasteiger partial charge >= 0.3 is 5.97 Å².